The average molecular weight is 607 g/mol. The molecule has 2 aliphatic rings. The molecule has 0 unspecified atom stereocenters. The van der Waals surface area contributed by atoms with Crippen molar-refractivity contribution in [1.29, 1.82) is 0 Å². The Bertz CT molecular complexity index is 1500. The van der Waals surface area contributed by atoms with E-state index in [1.54, 1.807) is 42.5 Å². The maximum absolute atomic E-state index is 16.3. The van der Waals surface area contributed by atoms with E-state index in [2.05, 4.69) is 0 Å². The van der Waals surface area contributed by atoms with Crippen LogP contribution in [-0.2, 0) is 33.4 Å². The molecule has 0 saturated heterocycles. The van der Waals surface area contributed by atoms with Crippen molar-refractivity contribution in [2.45, 2.75) is 49.5 Å². The molecule has 40 heavy (non-hydrogen) atoms. The maximum Gasteiger partial charge on any atom is 0.257 e. The van der Waals surface area contributed by atoms with Gasteiger partial charge in [-0.25, -0.2) is 4.39 Å². The first-order valence-corrected chi connectivity index (χ1v) is 15.1. The van der Waals surface area contributed by atoms with E-state index in [1.807, 2.05) is 0 Å². The lowest BCUT2D eigenvalue weighted by Crippen LogP contribution is -2.48. The molecule has 2 atom stereocenters. The number of carbonyl (C=O) groups excluding carboxylic acids is 1. The summed E-state index contributed by atoms with van der Waals surface area (Å²) in [6.45, 7) is 2.91. The topological polar surface area (TPSA) is 87.1 Å². The third-order valence-electron chi connectivity index (χ3n) is 7.77. The Kier molecular flexibility index (Phi) is 7.66. The minimum Gasteiger partial charge on any atom is -0.396 e. The summed E-state index contributed by atoms with van der Waals surface area (Å²) < 4.78 is 35.6. The molecular formula is C30H30Cl2FNO5S. The van der Waals surface area contributed by atoms with Gasteiger partial charge in [0.1, 0.15) is 5.82 Å². The normalized spacial score (nSPS) is 20.5. The van der Waals surface area contributed by atoms with Crippen LogP contribution in [-0.4, -0.2) is 44.7 Å². The highest BCUT2D eigenvalue weighted by atomic mass is 35.5. The molecule has 10 heteroatoms. The first-order valence-electron chi connectivity index (χ1n) is 12.8. The highest BCUT2D eigenvalue weighted by molar-refractivity contribution is 7.84. The van der Waals surface area contributed by atoms with Crippen molar-refractivity contribution >= 4 is 39.9 Å². The van der Waals surface area contributed by atoms with E-state index in [4.69, 9.17) is 27.9 Å². The molecule has 1 aliphatic heterocycles. The van der Waals surface area contributed by atoms with Crippen LogP contribution in [0.5, 0.6) is 0 Å². The molecule has 0 aromatic heterocycles. The largest absolute Gasteiger partial charge is 0.396 e. The number of amides is 1. The van der Waals surface area contributed by atoms with E-state index in [0.29, 0.717) is 26.1 Å². The van der Waals surface area contributed by atoms with E-state index < -0.39 is 39.3 Å². The Morgan fingerprint density at radius 2 is 1.73 bits per heavy atom. The quantitative estimate of drug-likeness (QED) is 0.324. The van der Waals surface area contributed by atoms with Gasteiger partial charge in [0.15, 0.2) is 5.72 Å². The Morgan fingerprint density at radius 1 is 1.07 bits per heavy atom. The molecule has 2 N–H and O–H groups in total. The minimum atomic E-state index is -1.74. The Hall–Kier alpha value is -2.33. The summed E-state index contributed by atoms with van der Waals surface area (Å²) in [6.07, 6.45) is 2.99. The van der Waals surface area contributed by atoms with E-state index in [-0.39, 0.29) is 36.4 Å². The highest BCUT2D eigenvalue weighted by Gasteiger charge is 2.56. The third kappa shape index (κ3) is 5.10. The number of halogens is 3. The molecule has 1 saturated carbocycles. The van der Waals surface area contributed by atoms with Crippen LogP contribution < -0.4 is 0 Å². The molecule has 1 fully saturated rings. The Labute approximate surface area is 245 Å². The van der Waals surface area contributed by atoms with Gasteiger partial charge in [-0.05, 0) is 74.2 Å². The Morgan fingerprint density at radius 3 is 2.30 bits per heavy atom. The summed E-state index contributed by atoms with van der Waals surface area (Å²) in [5.41, 5.74) is -2.33. The molecule has 1 aliphatic carbocycles. The number of hydrogen-bond donors (Lipinski definition) is 2. The number of nitrogens with zero attached hydrogens (tertiary/aromatic N) is 1. The zero-order valence-corrected chi connectivity index (χ0v) is 24.7. The molecule has 5 rings (SSSR count). The summed E-state index contributed by atoms with van der Waals surface area (Å²) in [4.78, 5) is 16.1. The van der Waals surface area contributed by atoms with Gasteiger partial charge < -0.3 is 14.9 Å². The molecule has 212 valence electrons. The standard InChI is InChI=1S/C30H30Cl2FNO5S/c1-28(2,37)20-12-23-26(24(33)13-20)30(19-5-8-21(31)9-6-19,39-17-29(16-35)10-11-29)34(27(23)36)15-18-4-7-22(32)14-25(18)40(3)38/h4-9,12-14,35,37H,10-11,15-17H2,1-3H3/t30-,40-/m1/s1. The number of ether oxygens (including phenoxy) is 1. The van der Waals surface area contributed by atoms with Crippen LogP contribution in [0.1, 0.15) is 59.3 Å². The van der Waals surface area contributed by atoms with Gasteiger partial charge in [0.05, 0.1) is 47.3 Å². The van der Waals surface area contributed by atoms with Crippen LogP contribution in [0.15, 0.2) is 59.5 Å². The SMILES string of the molecule is C[S@@](=O)c1cc(Cl)ccc1CN1C(=O)c2cc(C(C)(C)O)cc(F)c2[C@]1(OCC1(CO)CC1)c1ccc(Cl)cc1. The van der Waals surface area contributed by atoms with E-state index in [0.717, 1.165) is 12.8 Å². The lowest BCUT2D eigenvalue weighted by Gasteiger charge is -2.40. The van der Waals surface area contributed by atoms with Crippen LogP contribution in [0.2, 0.25) is 10.0 Å². The zero-order valence-electron chi connectivity index (χ0n) is 22.3. The summed E-state index contributed by atoms with van der Waals surface area (Å²) in [6, 6.07) is 14.3. The molecule has 0 spiro atoms. The molecule has 0 bridgehead atoms. The number of aliphatic hydroxyl groups excluding tert-OH is 1. The van der Waals surface area contributed by atoms with Gasteiger partial charge >= 0.3 is 0 Å². The van der Waals surface area contributed by atoms with Crippen molar-refractivity contribution in [2.75, 3.05) is 19.5 Å². The summed E-state index contributed by atoms with van der Waals surface area (Å²) in [5, 5.41) is 21.6. The van der Waals surface area contributed by atoms with Crippen molar-refractivity contribution in [1.82, 2.24) is 4.90 Å². The molecule has 0 radical (unpaired) electrons. The highest BCUT2D eigenvalue weighted by Crippen LogP contribution is 2.52. The van der Waals surface area contributed by atoms with Crippen LogP contribution in [0.3, 0.4) is 0 Å². The molecule has 1 amide bonds. The van der Waals surface area contributed by atoms with Gasteiger partial charge in [-0.3, -0.25) is 13.9 Å². The number of aliphatic hydroxyl groups is 2. The van der Waals surface area contributed by atoms with Crippen LogP contribution in [0.4, 0.5) is 4.39 Å². The predicted octanol–water partition coefficient (Wildman–Crippen LogP) is 5.74. The predicted molar refractivity (Wildman–Crippen MR) is 152 cm³/mol. The fourth-order valence-corrected chi connectivity index (χ4v) is 6.33. The molecule has 3 aromatic rings. The van der Waals surface area contributed by atoms with Gasteiger partial charge in [-0.15, -0.1) is 0 Å². The number of fused-ring (bicyclic) bond motifs is 1. The smallest absolute Gasteiger partial charge is 0.257 e. The second kappa shape index (κ2) is 10.5. The number of rotatable bonds is 9. The number of carbonyl (C=O) groups is 1. The molecule has 3 aromatic carbocycles. The van der Waals surface area contributed by atoms with Crippen molar-refractivity contribution in [3.63, 3.8) is 0 Å². The van der Waals surface area contributed by atoms with E-state index in [9.17, 15) is 19.2 Å². The van der Waals surface area contributed by atoms with Crippen molar-refractivity contribution in [3.8, 4) is 0 Å². The van der Waals surface area contributed by atoms with E-state index >= 15 is 4.39 Å². The Balaban J connectivity index is 1.77. The van der Waals surface area contributed by atoms with Gasteiger partial charge in [0, 0.05) is 32.2 Å². The number of benzene rings is 3. The minimum absolute atomic E-state index is 0.00898. The van der Waals surface area contributed by atoms with Crippen molar-refractivity contribution < 1.29 is 28.3 Å². The first kappa shape index (κ1) is 29.2. The monoisotopic (exact) mass is 605 g/mol. The van der Waals surface area contributed by atoms with Gasteiger partial charge in [0.2, 0.25) is 0 Å². The van der Waals surface area contributed by atoms with Crippen LogP contribution in [0.25, 0.3) is 0 Å². The van der Waals surface area contributed by atoms with Gasteiger partial charge in [0.25, 0.3) is 5.91 Å². The average Bonchev–Trinajstić information content (AvgIpc) is 3.64. The molecular weight excluding hydrogens is 576 g/mol. The van der Waals surface area contributed by atoms with Crippen LogP contribution >= 0.6 is 23.2 Å². The van der Waals surface area contributed by atoms with Crippen molar-refractivity contribution in [3.05, 3.63) is 98.3 Å². The first-order chi connectivity index (χ1) is 18.8. The zero-order chi connectivity index (χ0) is 29.0. The second-order valence-electron chi connectivity index (χ2n) is 11.1. The number of hydrogen-bond acceptors (Lipinski definition) is 5. The summed E-state index contributed by atoms with van der Waals surface area (Å²) in [5.74, 6) is -1.24. The van der Waals surface area contributed by atoms with Crippen molar-refractivity contribution in [2.24, 2.45) is 5.41 Å². The van der Waals surface area contributed by atoms with Gasteiger partial charge in [-0.2, -0.15) is 0 Å². The lowest BCUT2D eigenvalue weighted by atomic mass is 9.88. The fraction of sp³-hybridized carbons (Fsp3) is 0.367. The summed E-state index contributed by atoms with van der Waals surface area (Å²) >= 11 is 12.4. The summed E-state index contributed by atoms with van der Waals surface area (Å²) in [7, 11) is -1.43. The van der Waals surface area contributed by atoms with Gasteiger partial charge in [-0.1, -0.05) is 41.4 Å². The molecule has 1 heterocycles. The van der Waals surface area contributed by atoms with E-state index in [1.165, 1.54) is 37.1 Å². The van der Waals surface area contributed by atoms with Crippen LogP contribution in [0, 0.1) is 11.2 Å². The fourth-order valence-electron chi connectivity index (χ4n) is 5.17. The second-order valence-corrected chi connectivity index (χ2v) is 13.4. The molecule has 6 nitrogen and oxygen atoms in total. The maximum atomic E-state index is 16.3. The lowest BCUT2D eigenvalue weighted by molar-refractivity contribution is -0.130. The third-order valence-corrected chi connectivity index (χ3v) is 9.26.